The van der Waals surface area contributed by atoms with Crippen LogP contribution in [0.4, 0.5) is 0 Å². The standard InChI is InChI=1S/C65H104NO8P/c1-6-8-10-12-14-16-18-19-20-21-22-23-24-25-26-27-28-29-30-31-32-33-34-35-36-37-38-39-40-41-42-43-44-45-46-47-48-50-52-54-56-58-65(68)74-63(62-73-75(69,70)72-60-59-66(3,4)5)61-71-64(67)57-55-53-51-49-17-15-13-11-9-7-2/h8,10-11,13-14,16,19-20,22-23,25-26,28-29,31-32,34-35,37-38,40-41,43-44,46-47,63H,6-7,9,12,15,17-18,21,24,27,30,33,36,39,42,45,48-62H2,1-5H3/p+1/b10-8-,13-11-,16-14-,20-19-,23-22-,26-25-,29-28-,32-31-,35-34-,38-37-,41-40-,44-43-,47-46-. The van der Waals surface area contributed by atoms with Crippen molar-refractivity contribution in [2.45, 2.75) is 193 Å². The number of hydrogen-bond acceptors (Lipinski definition) is 7. The molecule has 0 aromatic carbocycles. The molecule has 2 unspecified atom stereocenters. The highest BCUT2D eigenvalue weighted by molar-refractivity contribution is 7.47. The van der Waals surface area contributed by atoms with Crippen LogP contribution in [-0.2, 0) is 32.7 Å². The van der Waals surface area contributed by atoms with Gasteiger partial charge in [0.1, 0.15) is 19.8 Å². The van der Waals surface area contributed by atoms with Crippen LogP contribution in [0.3, 0.4) is 0 Å². The molecule has 0 aliphatic carbocycles. The highest BCUT2D eigenvalue weighted by atomic mass is 31.2. The van der Waals surface area contributed by atoms with E-state index in [1.807, 2.05) is 21.1 Å². The van der Waals surface area contributed by atoms with Gasteiger partial charge < -0.3 is 18.9 Å². The summed E-state index contributed by atoms with van der Waals surface area (Å²) in [5.74, 6) is -0.855. The first-order valence-corrected chi connectivity index (χ1v) is 30.2. The molecule has 0 amide bonds. The number of likely N-dealkylation sites (N-methyl/N-ethyl adjacent to an activating group) is 1. The van der Waals surface area contributed by atoms with Gasteiger partial charge in [0.2, 0.25) is 0 Å². The van der Waals surface area contributed by atoms with Crippen LogP contribution in [-0.4, -0.2) is 74.9 Å². The topological polar surface area (TPSA) is 108 Å². The number of ether oxygens (including phenoxy) is 2. The van der Waals surface area contributed by atoms with E-state index in [9.17, 15) is 19.0 Å². The van der Waals surface area contributed by atoms with Crippen molar-refractivity contribution in [2.24, 2.45) is 0 Å². The third-order valence-corrected chi connectivity index (χ3v) is 12.3. The van der Waals surface area contributed by atoms with Crippen molar-refractivity contribution in [1.82, 2.24) is 0 Å². The van der Waals surface area contributed by atoms with Crippen molar-refractivity contribution >= 4 is 19.8 Å². The van der Waals surface area contributed by atoms with E-state index in [4.69, 9.17) is 18.5 Å². The zero-order valence-corrected chi connectivity index (χ0v) is 48.6. The molecular weight excluding hydrogens is 954 g/mol. The third kappa shape index (κ3) is 58.7. The Hall–Kier alpha value is -4.37. The van der Waals surface area contributed by atoms with Gasteiger partial charge in [-0.15, -0.1) is 0 Å². The Balaban J connectivity index is 4.16. The van der Waals surface area contributed by atoms with Gasteiger partial charge in [-0.3, -0.25) is 18.6 Å². The van der Waals surface area contributed by atoms with E-state index in [0.29, 0.717) is 23.9 Å². The van der Waals surface area contributed by atoms with Gasteiger partial charge in [0.05, 0.1) is 27.7 Å². The molecule has 2 atom stereocenters. The van der Waals surface area contributed by atoms with E-state index in [1.54, 1.807) is 0 Å². The Labute approximate surface area is 458 Å². The van der Waals surface area contributed by atoms with Crippen LogP contribution in [0.1, 0.15) is 187 Å². The van der Waals surface area contributed by atoms with Crippen molar-refractivity contribution in [3.63, 3.8) is 0 Å². The monoisotopic (exact) mass is 1060 g/mol. The van der Waals surface area contributed by atoms with E-state index in [-0.39, 0.29) is 26.1 Å². The van der Waals surface area contributed by atoms with Gasteiger partial charge >= 0.3 is 19.8 Å². The maximum atomic E-state index is 12.8. The highest BCUT2D eigenvalue weighted by Crippen LogP contribution is 2.43. The average Bonchev–Trinajstić information content (AvgIpc) is 3.37. The number of phosphoric acid groups is 1. The van der Waals surface area contributed by atoms with Crippen molar-refractivity contribution < 1.29 is 42.1 Å². The zero-order valence-electron chi connectivity index (χ0n) is 47.7. The molecule has 0 heterocycles. The first-order valence-electron chi connectivity index (χ1n) is 28.7. The first-order chi connectivity index (χ1) is 36.5. The molecule has 0 fully saturated rings. The van der Waals surface area contributed by atoms with Crippen LogP contribution in [0, 0.1) is 0 Å². The van der Waals surface area contributed by atoms with Crippen LogP contribution in [0.25, 0.3) is 0 Å². The second kappa shape index (κ2) is 54.4. The number of unbranched alkanes of at least 4 members (excludes halogenated alkanes) is 10. The molecule has 1 N–H and O–H groups in total. The summed E-state index contributed by atoms with van der Waals surface area (Å²) in [6.45, 7) is 4.17. The molecule has 0 radical (unpaired) electrons. The molecule has 0 aromatic rings. The Morgan fingerprint density at radius 1 is 0.427 bits per heavy atom. The molecule has 10 heteroatoms. The predicted molar refractivity (Wildman–Crippen MR) is 320 cm³/mol. The SMILES string of the molecule is CC/C=C\C/C=C\C/C=C\C/C=C\C/C=C\C/C=C\C/C=C\C/C=C\C/C=C\C/C=C\C/C=C\C/C=C\CCCCCCC(=O)OC(COC(=O)CCCCCCC/C=C\CCC)COP(=O)(O)OCC[N+](C)(C)C. The molecule has 0 spiro atoms. The number of phosphoric ester groups is 1. The van der Waals surface area contributed by atoms with Gasteiger partial charge in [-0.1, -0.05) is 210 Å². The molecule has 75 heavy (non-hydrogen) atoms. The molecule has 0 saturated carbocycles. The minimum Gasteiger partial charge on any atom is -0.462 e. The minimum absolute atomic E-state index is 0.0167. The summed E-state index contributed by atoms with van der Waals surface area (Å²) in [7, 11) is 1.43. The Kier molecular flexibility index (Phi) is 51.2. The fraction of sp³-hybridized carbons (Fsp3) is 0.569. The van der Waals surface area contributed by atoms with Gasteiger partial charge in [-0.2, -0.15) is 0 Å². The smallest absolute Gasteiger partial charge is 0.462 e. The lowest BCUT2D eigenvalue weighted by atomic mass is 10.1. The molecule has 0 bridgehead atoms. The van der Waals surface area contributed by atoms with Crippen LogP contribution < -0.4 is 0 Å². The Morgan fingerprint density at radius 2 is 0.760 bits per heavy atom. The number of carbonyl (C=O) groups is 2. The third-order valence-electron chi connectivity index (χ3n) is 11.3. The largest absolute Gasteiger partial charge is 0.472 e. The number of nitrogens with zero attached hydrogens (tertiary/aromatic N) is 1. The maximum Gasteiger partial charge on any atom is 0.472 e. The Morgan fingerprint density at radius 3 is 1.15 bits per heavy atom. The summed E-state index contributed by atoms with van der Waals surface area (Å²) < 4.78 is 34.3. The van der Waals surface area contributed by atoms with Crippen LogP contribution in [0.5, 0.6) is 0 Å². The summed E-state index contributed by atoms with van der Waals surface area (Å²) in [6.07, 6.45) is 81.9. The fourth-order valence-corrected chi connectivity index (χ4v) is 7.62. The van der Waals surface area contributed by atoms with Crippen LogP contribution in [0.15, 0.2) is 158 Å². The fourth-order valence-electron chi connectivity index (χ4n) is 6.88. The second-order valence-corrected chi connectivity index (χ2v) is 21.0. The first kappa shape index (κ1) is 70.6. The van der Waals surface area contributed by atoms with Crippen LogP contribution >= 0.6 is 7.82 Å². The van der Waals surface area contributed by atoms with Crippen LogP contribution in [0.2, 0.25) is 0 Å². The summed E-state index contributed by atoms with van der Waals surface area (Å²) in [5, 5.41) is 0. The molecule has 0 saturated heterocycles. The number of allylic oxidation sites excluding steroid dienone is 26. The number of rotatable bonds is 50. The quantitative estimate of drug-likeness (QED) is 0.0211. The molecule has 422 valence electrons. The van der Waals surface area contributed by atoms with Gasteiger partial charge in [-0.05, 0) is 122 Å². The van der Waals surface area contributed by atoms with Crippen molar-refractivity contribution in [3.05, 3.63) is 158 Å². The summed E-state index contributed by atoms with van der Waals surface area (Å²) in [6, 6.07) is 0. The van der Waals surface area contributed by atoms with E-state index in [1.165, 1.54) is 6.42 Å². The second-order valence-electron chi connectivity index (χ2n) is 19.6. The lowest BCUT2D eigenvalue weighted by molar-refractivity contribution is -0.870. The van der Waals surface area contributed by atoms with Gasteiger partial charge in [0.15, 0.2) is 6.10 Å². The average molecular weight is 1060 g/mol. The molecular formula is C65H105NO8P+. The summed E-state index contributed by atoms with van der Waals surface area (Å²) >= 11 is 0. The van der Waals surface area contributed by atoms with E-state index in [2.05, 4.69) is 172 Å². The van der Waals surface area contributed by atoms with Gasteiger partial charge in [0, 0.05) is 12.8 Å². The highest BCUT2D eigenvalue weighted by Gasteiger charge is 2.27. The predicted octanol–water partition coefficient (Wildman–Crippen LogP) is 18.1. The number of hydrogen-bond donors (Lipinski definition) is 1. The summed E-state index contributed by atoms with van der Waals surface area (Å²) in [5.41, 5.74) is 0. The molecule has 0 aromatic heterocycles. The van der Waals surface area contributed by atoms with E-state index in [0.717, 1.165) is 141 Å². The number of quaternary nitrogens is 1. The minimum atomic E-state index is -4.40. The molecule has 0 aliphatic heterocycles. The van der Waals surface area contributed by atoms with Crippen molar-refractivity contribution in [3.8, 4) is 0 Å². The van der Waals surface area contributed by atoms with Gasteiger partial charge in [-0.25, -0.2) is 4.57 Å². The molecule has 9 nitrogen and oxygen atoms in total. The normalized spacial score (nSPS) is 14.5. The van der Waals surface area contributed by atoms with E-state index < -0.39 is 32.5 Å². The van der Waals surface area contributed by atoms with E-state index >= 15 is 0 Å². The number of esters is 2. The maximum absolute atomic E-state index is 12.8. The van der Waals surface area contributed by atoms with Gasteiger partial charge in [0.25, 0.3) is 0 Å². The summed E-state index contributed by atoms with van der Waals surface area (Å²) in [4.78, 5) is 35.5. The lowest BCUT2D eigenvalue weighted by Crippen LogP contribution is -2.37. The number of carbonyl (C=O) groups excluding carboxylic acids is 2. The Bertz CT molecular complexity index is 1820. The molecule has 0 rings (SSSR count). The lowest BCUT2D eigenvalue weighted by Gasteiger charge is -2.24. The molecule has 0 aliphatic rings. The zero-order chi connectivity index (χ0) is 54.9. The van der Waals surface area contributed by atoms with Crippen molar-refractivity contribution in [2.75, 3.05) is 47.5 Å². The van der Waals surface area contributed by atoms with Crippen molar-refractivity contribution in [1.29, 1.82) is 0 Å².